The molecule has 0 saturated carbocycles. The second-order valence-corrected chi connectivity index (χ2v) is 5.15. The number of nitriles is 1. The smallest absolute Gasteiger partial charge is 0.331 e. The first-order valence-corrected chi connectivity index (χ1v) is 7.43. The van der Waals surface area contributed by atoms with Gasteiger partial charge in [-0.2, -0.15) is 5.26 Å². The Hall–Kier alpha value is -3.46. The van der Waals surface area contributed by atoms with Gasteiger partial charge in [-0.05, 0) is 48.9 Å². The Kier molecular flexibility index (Phi) is 6.02. The summed E-state index contributed by atoms with van der Waals surface area (Å²) in [6, 6.07) is 13.9. The lowest BCUT2D eigenvalue weighted by atomic mass is 10.2. The van der Waals surface area contributed by atoms with E-state index in [0.717, 1.165) is 6.08 Å². The quantitative estimate of drug-likeness (QED) is 0.670. The lowest BCUT2D eigenvalue weighted by molar-refractivity contribution is -0.148. The lowest BCUT2D eigenvalue weighted by Gasteiger charge is -2.12. The number of hydrogen-bond donors (Lipinski definition) is 1. The van der Waals surface area contributed by atoms with Gasteiger partial charge in [0.05, 0.1) is 11.6 Å². The fourth-order valence-electron chi connectivity index (χ4n) is 1.92. The summed E-state index contributed by atoms with van der Waals surface area (Å²) in [5.41, 5.74) is 1.47. The molecule has 0 aliphatic heterocycles. The van der Waals surface area contributed by atoms with Crippen LogP contribution in [0.1, 0.15) is 18.1 Å². The SMILES string of the molecule is C[C@H](OC(=O)/C=C/c1ccc(F)cc1)C(=O)Nc1cccc(C#N)c1. The molecule has 0 bridgehead atoms. The van der Waals surface area contributed by atoms with E-state index in [1.165, 1.54) is 43.3 Å². The molecule has 1 N–H and O–H groups in total. The molecular weight excluding hydrogens is 323 g/mol. The maximum atomic E-state index is 12.8. The van der Waals surface area contributed by atoms with Gasteiger partial charge in [0.1, 0.15) is 5.82 Å². The van der Waals surface area contributed by atoms with Crippen LogP contribution in [-0.2, 0) is 14.3 Å². The Morgan fingerprint density at radius 2 is 1.96 bits per heavy atom. The number of nitrogens with zero attached hydrogens (tertiary/aromatic N) is 1. The molecule has 2 aromatic carbocycles. The predicted octanol–water partition coefficient (Wildman–Crippen LogP) is 3.28. The third kappa shape index (κ3) is 5.59. The third-order valence-electron chi connectivity index (χ3n) is 3.20. The Morgan fingerprint density at radius 1 is 1.24 bits per heavy atom. The van der Waals surface area contributed by atoms with E-state index in [2.05, 4.69) is 5.32 Å². The van der Waals surface area contributed by atoms with Crippen LogP contribution >= 0.6 is 0 Å². The van der Waals surface area contributed by atoms with Crippen molar-refractivity contribution in [2.45, 2.75) is 13.0 Å². The van der Waals surface area contributed by atoms with E-state index in [-0.39, 0.29) is 5.82 Å². The maximum absolute atomic E-state index is 12.8. The van der Waals surface area contributed by atoms with Crippen molar-refractivity contribution >= 4 is 23.6 Å². The van der Waals surface area contributed by atoms with Crippen molar-refractivity contribution in [3.8, 4) is 6.07 Å². The molecule has 0 aromatic heterocycles. The third-order valence-corrected chi connectivity index (χ3v) is 3.20. The highest BCUT2D eigenvalue weighted by Gasteiger charge is 2.16. The first-order valence-electron chi connectivity index (χ1n) is 7.43. The lowest BCUT2D eigenvalue weighted by Crippen LogP contribution is -2.29. The Bertz CT molecular complexity index is 838. The van der Waals surface area contributed by atoms with Crippen molar-refractivity contribution in [2.24, 2.45) is 0 Å². The minimum Gasteiger partial charge on any atom is -0.449 e. The average Bonchev–Trinajstić information content (AvgIpc) is 2.61. The number of carbonyl (C=O) groups excluding carboxylic acids is 2. The van der Waals surface area contributed by atoms with Gasteiger partial charge in [-0.25, -0.2) is 9.18 Å². The highest BCUT2D eigenvalue weighted by atomic mass is 19.1. The first-order chi connectivity index (χ1) is 12.0. The molecule has 0 unspecified atom stereocenters. The summed E-state index contributed by atoms with van der Waals surface area (Å²) in [5, 5.41) is 11.4. The number of nitrogens with one attached hydrogen (secondary N) is 1. The van der Waals surface area contributed by atoms with Crippen LogP contribution in [0.15, 0.2) is 54.6 Å². The van der Waals surface area contributed by atoms with Gasteiger partial charge in [0.15, 0.2) is 6.10 Å². The van der Waals surface area contributed by atoms with E-state index in [0.29, 0.717) is 16.8 Å². The molecule has 0 fully saturated rings. The van der Waals surface area contributed by atoms with Crippen LogP contribution < -0.4 is 5.32 Å². The number of hydrogen-bond acceptors (Lipinski definition) is 4. The first kappa shape index (κ1) is 17.9. The van der Waals surface area contributed by atoms with Crippen molar-refractivity contribution in [3.63, 3.8) is 0 Å². The summed E-state index contributed by atoms with van der Waals surface area (Å²) in [4.78, 5) is 23.8. The topological polar surface area (TPSA) is 79.2 Å². The van der Waals surface area contributed by atoms with Crippen LogP contribution in [0.4, 0.5) is 10.1 Å². The van der Waals surface area contributed by atoms with Crippen molar-refractivity contribution in [1.82, 2.24) is 0 Å². The van der Waals surface area contributed by atoms with E-state index >= 15 is 0 Å². The zero-order valence-corrected chi connectivity index (χ0v) is 13.4. The number of anilines is 1. The number of rotatable bonds is 5. The molecule has 0 aliphatic rings. The van der Waals surface area contributed by atoms with Crippen LogP contribution in [0.2, 0.25) is 0 Å². The fraction of sp³-hybridized carbons (Fsp3) is 0.105. The summed E-state index contributed by atoms with van der Waals surface area (Å²) < 4.78 is 17.8. The van der Waals surface area contributed by atoms with E-state index in [1.807, 2.05) is 6.07 Å². The second-order valence-electron chi connectivity index (χ2n) is 5.15. The number of amides is 1. The normalized spacial score (nSPS) is 11.6. The molecule has 25 heavy (non-hydrogen) atoms. The van der Waals surface area contributed by atoms with Gasteiger partial charge >= 0.3 is 5.97 Å². The van der Waals surface area contributed by atoms with Crippen LogP contribution in [0, 0.1) is 17.1 Å². The summed E-state index contributed by atoms with van der Waals surface area (Å²) >= 11 is 0. The Balaban J connectivity index is 1.90. The summed E-state index contributed by atoms with van der Waals surface area (Å²) in [7, 11) is 0. The van der Waals surface area contributed by atoms with Crippen molar-refractivity contribution in [2.75, 3.05) is 5.32 Å². The van der Waals surface area contributed by atoms with Crippen molar-refractivity contribution in [3.05, 3.63) is 71.6 Å². The monoisotopic (exact) mass is 338 g/mol. The van der Waals surface area contributed by atoms with Crippen LogP contribution in [-0.4, -0.2) is 18.0 Å². The molecule has 1 amide bonds. The molecule has 1 atom stereocenters. The standard InChI is InChI=1S/C19H15FN2O3/c1-13(19(24)22-17-4-2-3-15(11-17)12-21)25-18(23)10-7-14-5-8-16(20)9-6-14/h2-11,13H,1H3,(H,22,24)/b10-7+/t13-/m0/s1. The van der Waals surface area contributed by atoms with E-state index < -0.39 is 18.0 Å². The number of ether oxygens (including phenoxy) is 1. The Labute approximate surface area is 144 Å². The highest BCUT2D eigenvalue weighted by molar-refractivity contribution is 5.96. The van der Waals surface area contributed by atoms with E-state index in [4.69, 9.17) is 10.00 Å². The minimum atomic E-state index is -1.02. The predicted molar refractivity (Wildman–Crippen MR) is 90.8 cm³/mol. The number of carbonyl (C=O) groups is 2. The molecule has 0 radical (unpaired) electrons. The molecular formula is C19H15FN2O3. The van der Waals surface area contributed by atoms with Gasteiger partial charge in [-0.15, -0.1) is 0 Å². The Morgan fingerprint density at radius 3 is 2.64 bits per heavy atom. The minimum absolute atomic E-state index is 0.370. The van der Waals surface area contributed by atoms with Crippen molar-refractivity contribution < 1.29 is 18.7 Å². The number of benzene rings is 2. The van der Waals surface area contributed by atoms with Gasteiger partial charge in [0.2, 0.25) is 0 Å². The molecule has 5 nitrogen and oxygen atoms in total. The number of esters is 1. The maximum Gasteiger partial charge on any atom is 0.331 e. The van der Waals surface area contributed by atoms with Crippen molar-refractivity contribution in [1.29, 1.82) is 5.26 Å². The highest BCUT2D eigenvalue weighted by Crippen LogP contribution is 2.11. The summed E-state index contributed by atoms with van der Waals surface area (Å²) in [5.74, 6) is -1.58. The van der Waals surface area contributed by atoms with Crippen LogP contribution in [0.25, 0.3) is 6.08 Å². The molecule has 0 aliphatic carbocycles. The van der Waals surface area contributed by atoms with Crippen LogP contribution in [0.3, 0.4) is 0 Å². The molecule has 2 rings (SSSR count). The molecule has 126 valence electrons. The zero-order chi connectivity index (χ0) is 18.2. The van der Waals surface area contributed by atoms with E-state index in [1.54, 1.807) is 18.2 Å². The molecule has 0 spiro atoms. The molecule has 2 aromatic rings. The average molecular weight is 338 g/mol. The number of halogens is 1. The fourth-order valence-corrected chi connectivity index (χ4v) is 1.92. The summed E-state index contributed by atoms with van der Waals surface area (Å²) in [6.45, 7) is 1.44. The second kappa shape index (κ2) is 8.41. The zero-order valence-electron chi connectivity index (χ0n) is 13.4. The van der Waals surface area contributed by atoms with Gasteiger partial charge in [-0.1, -0.05) is 18.2 Å². The molecule has 0 saturated heterocycles. The largest absolute Gasteiger partial charge is 0.449 e. The summed E-state index contributed by atoms with van der Waals surface area (Å²) in [6.07, 6.45) is 1.60. The molecule has 0 heterocycles. The van der Waals surface area contributed by atoms with Gasteiger partial charge < -0.3 is 10.1 Å². The van der Waals surface area contributed by atoms with Gasteiger partial charge in [-0.3, -0.25) is 4.79 Å². The van der Waals surface area contributed by atoms with E-state index in [9.17, 15) is 14.0 Å². The van der Waals surface area contributed by atoms with Crippen LogP contribution in [0.5, 0.6) is 0 Å². The van der Waals surface area contributed by atoms with Gasteiger partial charge in [0.25, 0.3) is 5.91 Å². The van der Waals surface area contributed by atoms with Gasteiger partial charge in [0, 0.05) is 11.8 Å². The molecule has 6 heteroatoms.